The molecule has 1 rings (SSSR count). The van der Waals surface area contributed by atoms with Gasteiger partial charge >= 0.3 is 0 Å². The van der Waals surface area contributed by atoms with Crippen LogP contribution in [-0.4, -0.2) is 28.5 Å². The lowest BCUT2D eigenvalue weighted by molar-refractivity contribution is -0.121. The number of thiocarbonyl (C=S) groups is 1. The minimum absolute atomic E-state index is 0.00651. The van der Waals surface area contributed by atoms with E-state index in [2.05, 4.69) is 15.6 Å². The Morgan fingerprint density at radius 1 is 1.53 bits per heavy atom. The van der Waals surface area contributed by atoms with Gasteiger partial charge in [0.25, 0.3) is 0 Å². The molecule has 0 saturated carbocycles. The SMILES string of the molecule is Cc1ccnc(NCCC(=O)NC(C)C)c1C(N)=S. The van der Waals surface area contributed by atoms with E-state index in [0.717, 1.165) is 11.1 Å². The quantitative estimate of drug-likeness (QED) is 0.685. The maximum absolute atomic E-state index is 11.5. The molecule has 0 aliphatic carbocycles. The van der Waals surface area contributed by atoms with Crippen molar-refractivity contribution >= 4 is 28.9 Å². The van der Waals surface area contributed by atoms with Crippen LogP contribution in [0.3, 0.4) is 0 Å². The predicted octanol–water partition coefficient (Wildman–Crippen LogP) is 1.35. The zero-order valence-electron chi connectivity index (χ0n) is 11.5. The van der Waals surface area contributed by atoms with E-state index in [0.29, 0.717) is 23.8 Å². The van der Waals surface area contributed by atoms with Crippen LogP contribution in [0.25, 0.3) is 0 Å². The Bertz CT molecular complexity index is 474. The minimum Gasteiger partial charge on any atom is -0.389 e. The summed E-state index contributed by atoms with van der Waals surface area (Å²) < 4.78 is 0. The highest BCUT2D eigenvalue weighted by Crippen LogP contribution is 2.16. The lowest BCUT2D eigenvalue weighted by Gasteiger charge is -2.13. The second-order valence-electron chi connectivity index (χ2n) is 4.61. The number of anilines is 1. The molecule has 0 spiro atoms. The van der Waals surface area contributed by atoms with Gasteiger partial charge in [-0.3, -0.25) is 4.79 Å². The molecule has 19 heavy (non-hydrogen) atoms. The first-order valence-corrected chi connectivity index (χ1v) is 6.61. The van der Waals surface area contributed by atoms with Gasteiger partial charge in [0.2, 0.25) is 5.91 Å². The molecule has 0 saturated heterocycles. The second-order valence-corrected chi connectivity index (χ2v) is 5.05. The molecule has 1 aromatic rings. The summed E-state index contributed by atoms with van der Waals surface area (Å²) in [5.41, 5.74) is 7.39. The predicted molar refractivity (Wildman–Crippen MR) is 81.2 cm³/mol. The molecule has 0 aromatic carbocycles. The number of carbonyl (C=O) groups is 1. The Labute approximate surface area is 119 Å². The van der Waals surface area contributed by atoms with Crippen molar-refractivity contribution in [2.75, 3.05) is 11.9 Å². The normalized spacial score (nSPS) is 10.3. The number of nitrogens with two attached hydrogens (primary N) is 1. The lowest BCUT2D eigenvalue weighted by Crippen LogP contribution is -2.31. The zero-order chi connectivity index (χ0) is 14.4. The molecule has 4 N–H and O–H groups in total. The monoisotopic (exact) mass is 280 g/mol. The lowest BCUT2D eigenvalue weighted by atomic mass is 10.1. The number of hydrogen-bond acceptors (Lipinski definition) is 4. The fourth-order valence-electron chi connectivity index (χ4n) is 1.69. The summed E-state index contributed by atoms with van der Waals surface area (Å²) in [7, 11) is 0. The molecule has 5 nitrogen and oxygen atoms in total. The highest BCUT2D eigenvalue weighted by molar-refractivity contribution is 7.80. The molecule has 104 valence electrons. The first-order valence-electron chi connectivity index (χ1n) is 6.20. The standard InChI is InChI=1S/C13H20N4OS/c1-8(2)17-10(18)5-7-16-13-11(12(14)19)9(3)4-6-15-13/h4,6,8H,5,7H2,1-3H3,(H2,14,19)(H,15,16)(H,17,18). The molecular weight excluding hydrogens is 260 g/mol. The first-order chi connectivity index (χ1) is 8.91. The van der Waals surface area contributed by atoms with Crippen LogP contribution in [0, 0.1) is 6.92 Å². The molecule has 1 heterocycles. The van der Waals surface area contributed by atoms with E-state index in [9.17, 15) is 4.79 Å². The van der Waals surface area contributed by atoms with Crippen LogP contribution in [0.15, 0.2) is 12.3 Å². The molecule has 0 unspecified atom stereocenters. The van der Waals surface area contributed by atoms with Crippen LogP contribution < -0.4 is 16.4 Å². The van der Waals surface area contributed by atoms with Crippen molar-refractivity contribution in [3.05, 3.63) is 23.4 Å². The van der Waals surface area contributed by atoms with E-state index in [1.165, 1.54) is 0 Å². The Morgan fingerprint density at radius 3 is 2.79 bits per heavy atom. The number of aryl methyl sites for hydroxylation is 1. The maximum Gasteiger partial charge on any atom is 0.221 e. The van der Waals surface area contributed by atoms with Gasteiger partial charge in [0.15, 0.2) is 0 Å². The number of rotatable bonds is 6. The summed E-state index contributed by atoms with van der Waals surface area (Å²) in [6.45, 7) is 6.27. The average molecular weight is 280 g/mol. The van der Waals surface area contributed by atoms with Gasteiger partial charge in [0, 0.05) is 25.2 Å². The summed E-state index contributed by atoms with van der Waals surface area (Å²) in [4.78, 5) is 16.0. The van der Waals surface area contributed by atoms with E-state index < -0.39 is 0 Å². The van der Waals surface area contributed by atoms with Crippen molar-refractivity contribution in [2.24, 2.45) is 5.73 Å². The number of nitrogens with one attached hydrogen (secondary N) is 2. The fourth-order valence-corrected chi connectivity index (χ4v) is 1.95. The summed E-state index contributed by atoms with van der Waals surface area (Å²) in [5.74, 6) is 0.636. The van der Waals surface area contributed by atoms with Gasteiger partial charge in [-0.1, -0.05) is 12.2 Å². The largest absolute Gasteiger partial charge is 0.389 e. The van der Waals surface area contributed by atoms with Crippen molar-refractivity contribution in [1.29, 1.82) is 0 Å². The molecule has 0 aliphatic rings. The van der Waals surface area contributed by atoms with Crippen molar-refractivity contribution in [2.45, 2.75) is 33.2 Å². The van der Waals surface area contributed by atoms with Gasteiger partial charge in [-0.25, -0.2) is 4.98 Å². The van der Waals surface area contributed by atoms with Gasteiger partial charge < -0.3 is 16.4 Å². The van der Waals surface area contributed by atoms with E-state index >= 15 is 0 Å². The van der Waals surface area contributed by atoms with Crippen molar-refractivity contribution in [1.82, 2.24) is 10.3 Å². The second kappa shape index (κ2) is 7.04. The van der Waals surface area contributed by atoms with Gasteiger partial charge in [0.05, 0.1) is 5.56 Å². The van der Waals surface area contributed by atoms with E-state index in [-0.39, 0.29) is 11.9 Å². The zero-order valence-corrected chi connectivity index (χ0v) is 12.3. The molecule has 0 radical (unpaired) electrons. The van der Waals surface area contributed by atoms with Crippen molar-refractivity contribution in [3.63, 3.8) is 0 Å². The fraction of sp³-hybridized carbons (Fsp3) is 0.462. The van der Waals surface area contributed by atoms with Gasteiger partial charge in [-0.2, -0.15) is 0 Å². The Balaban J connectivity index is 2.61. The smallest absolute Gasteiger partial charge is 0.221 e. The van der Waals surface area contributed by atoms with Crippen LogP contribution >= 0.6 is 12.2 Å². The van der Waals surface area contributed by atoms with Crippen LogP contribution in [-0.2, 0) is 4.79 Å². The molecule has 1 amide bonds. The van der Waals surface area contributed by atoms with Gasteiger partial charge in [-0.05, 0) is 32.4 Å². The van der Waals surface area contributed by atoms with Crippen LogP contribution in [0.5, 0.6) is 0 Å². The summed E-state index contributed by atoms with van der Waals surface area (Å²) in [6.07, 6.45) is 2.07. The summed E-state index contributed by atoms with van der Waals surface area (Å²) >= 11 is 5.01. The van der Waals surface area contributed by atoms with Crippen molar-refractivity contribution < 1.29 is 4.79 Å². The maximum atomic E-state index is 11.5. The topological polar surface area (TPSA) is 80.0 Å². The van der Waals surface area contributed by atoms with Crippen LogP contribution in [0.2, 0.25) is 0 Å². The number of carbonyl (C=O) groups excluding carboxylic acids is 1. The first kappa shape index (κ1) is 15.4. The molecule has 6 heteroatoms. The number of aromatic nitrogens is 1. The average Bonchev–Trinajstić information content (AvgIpc) is 2.27. The van der Waals surface area contributed by atoms with Gasteiger partial charge in [0.1, 0.15) is 10.8 Å². The van der Waals surface area contributed by atoms with Crippen LogP contribution in [0.1, 0.15) is 31.4 Å². The summed E-state index contributed by atoms with van der Waals surface area (Å²) in [5, 5.41) is 5.93. The van der Waals surface area contributed by atoms with Crippen molar-refractivity contribution in [3.8, 4) is 0 Å². The Morgan fingerprint density at radius 2 is 2.21 bits per heavy atom. The van der Waals surface area contributed by atoms with E-state index in [1.807, 2.05) is 26.8 Å². The highest BCUT2D eigenvalue weighted by Gasteiger charge is 2.10. The summed E-state index contributed by atoms with van der Waals surface area (Å²) in [6, 6.07) is 2.00. The Hall–Kier alpha value is -1.69. The third-order valence-corrected chi connectivity index (χ3v) is 2.70. The number of pyridine rings is 1. The van der Waals surface area contributed by atoms with E-state index in [1.54, 1.807) is 6.20 Å². The number of nitrogens with zero attached hydrogens (tertiary/aromatic N) is 1. The molecular formula is C13H20N4OS. The highest BCUT2D eigenvalue weighted by atomic mass is 32.1. The molecule has 0 fully saturated rings. The third-order valence-electron chi connectivity index (χ3n) is 2.50. The van der Waals surface area contributed by atoms with Gasteiger partial charge in [-0.15, -0.1) is 0 Å². The molecule has 0 bridgehead atoms. The molecule has 0 aliphatic heterocycles. The number of amides is 1. The molecule has 1 aromatic heterocycles. The van der Waals surface area contributed by atoms with E-state index in [4.69, 9.17) is 18.0 Å². The molecule has 0 atom stereocenters. The minimum atomic E-state index is 0.00651. The van der Waals surface area contributed by atoms with Crippen LogP contribution in [0.4, 0.5) is 5.82 Å². The Kier molecular flexibility index (Phi) is 5.69. The number of hydrogen-bond donors (Lipinski definition) is 3. The third kappa shape index (κ3) is 4.82.